The molecule has 0 saturated carbocycles. The predicted molar refractivity (Wildman–Crippen MR) is 70.3 cm³/mol. The highest BCUT2D eigenvalue weighted by molar-refractivity contribution is 5.67. The molecule has 0 bridgehead atoms. The first-order valence-electron chi connectivity index (χ1n) is 6.11. The van der Waals surface area contributed by atoms with Crippen LogP contribution < -0.4 is 4.90 Å². The number of aliphatic carboxylic acids is 1. The van der Waals surface area contributed by atoms with Crippen LogP contribution in [-0.2, 0) is 4.79 Å². The number of carboxylic acid groups (broad SMARTS) is 1. The van der Waals surface area contributed by atoms with Crippen molar-refractivity contribution in [2.45, 2.75) is 26.2 Å². The van der Waals surface area contributed by atoms with Gasteiger partial charge in [0, 0.05) is 19.2 Å². The van der Waals surface area contributed by atoms with Gasteiger partial charge < -0.3 is 10.0 Å². The van der Waals surface area contributed by atoms with E-state index >= 15 is 0 Å². The van der Waals surface area contributed by atoms with Crippen molar-refractivity contribution in [2.24, 2.45) is 0 Å². The molecule has 0 aliphatic carbocycles. The van der Waals surface area contributed by atoms with Crippen LogP contribution >= 0.6 is 0 Å². The van der Waals surface area contributed by atoms with Crippen LogP contribution in [0.3, 0.4) is 0 Å². The Morgan fingerprint density at radius 1 is 1.47 bits per heavy atom. The standard InChI is InChI=1S/C12H17N3O4/c1-2-3-7-14(8-6-12(16)17)11-5-4-10(9-13-11)15(18)19/h4-5,9H,2-3,6-8H2,1H3,(H,16,17). The quantitative estimate of drug-likeness (QED) is 0.572. The molecule has 0 fully saturated rings. The first-order chi connectivity index (χ1) is 9.04. The molecule has 0 aliphatic heterocycles. The summed E-state index contributed by atoms with van der Waals surface area (Å²) in [6, 6.07) is 2.93. The molecular weight excluding hydrogens is 250 g/mol. The number of aromatic nitrogens is 1. The van der Waals surface area contributed by atoms with E-state index in [0.717, 1.165) is 12.8 Å². The fraction of sp³-hybridized carbons (Fsp3) is 0.500. The Morgan fingerprint density at radius 3 is 2.68 bits per heavy atom. The minimum atomic E-state index is -0.872. The monoisotopic (exact) mass is 267 g/mol. The van der Waals surface area contributed by atoms with E-state index in [0.29, 0.717) is 18.9 Å². The minimum absolute atomic E-state index is 0.0163. The van der Waals surface area contributed by atoms with Crippen molar-refractivity contribution in [1.29, 1.82) is 0 Å². The second-order valence-corrected chi connectivity index (χ2v) is 4.12. The van der Waals surface area contributed by atoms with Crippen molar-refractivity contribution in [1.82, 2.24) is 4.98 Å². The van der Waals surface area contributed by atoms with E-state index in [1.165, 1.54) is 12.3 Å². The minimum Gasteiger partial charge on any atom is -0.481 e. The number of nitro groups is 1. The summed E-state index contributed by atoms with van der Waals surface area (Å²) in [5, 5.41) is 19.3. The molecule has 1 aromatic rings. The van der Waals surface area contributed by atoms with Gasteiger partial charge in [-0.05, 0) is 12.5 Å². The van der Waals surface area contributed by atoms with Gasteiger partial charge in [-0.1, -0.05) is 13.3 Å². The van der Waals surface area contributed by atoms with E-state index in [2.05, 4.69) is 4.98 Å². The highest BCUT2D eigenvalue weighted by Crippen LogP contribution is 2.16. The first-order valence-corrected chi connectivity index (χ1v) is 6.11. The third kappa shape index (κ3) is 4.90. The molecule has 0 amide bonds. The summed E-state index contributed by atoms with van der Waals surface area (Å²) in [5.74, 6) is -0.302. The van der Waals surface area contributed by atoms with Gasteiger partial charge in [-0.15, -0.1) is 0 Å². The van der Waals surface area contributed by atoms with Crippen LogP contribution in [0.5, 0.6) is 0 Å². The van der Waals surface area contributed by atoms with Crippen LogP contribution in [-0.4, -0.2) is 34.1 Å². The number of rotatable bonds is 8. The summed E-state index contributed by atoms with van der Waals surface area (Å²) < 4.78 is 0. The van der Waals surface area contributed by atoms with Crippen LogP contribution in [0, 0.1) is 10.1 Å². The van der Waals surface area contributed by atoms with E-state index in [-0.39, 0.29) is 12.1 Å². The Balaban J connectivity index is 2.77. The first kappa shape index (κ1) is 14.9. The fourth-order valence-corrected chi connectivity index (χ4v) is 1.59. The zero-order chi connectivity index (χ0) is 14.3. The Hall–Kier alpha value is -2.18. The summed E-state index contributed by atoms with van der Waals surface area (Å²) >= 11 is 0. The second kappa shape index (κ2) is 7.30. The molecule has 1 heterocycles. The molecule has 104 valence electrons. The smallest absolute Gasteiger partial charge is 0.305 e. The number of pyridine rings is 1. The van der Waals surface area contributed by atoms with Crippen molar-refractivity contribution in [3.05, 3.63) is 28.4 Å². The van der Waals surface area contributed by atoms with E-state index < -0.39 is 10.9 Å². The molecule has 0 saturated heterocycles. The Bertz CT molecular complexity index is 433. The molecule has 1 rings (SSSR count). The third-order valence-electron chi connectivity index (χ3n) is 2.64. The summed E-state index contributed by atoms with van der Waals surface area (Å²) in [5.41, 5.74) is -0.0718. The van der Waals surface area contributed by atoms with Gasteiger partial charge >= 0.3 is 5.97 Å². The average Bonchev–Trinajstić information content (AvgIpc) is 2.39. The lowest BCUT2D eigenvalue weighted by molar-refractivity contribution is -0.385. The SMILES string of the molecule is CCCCN(CCC(=O)O)c1ccc([N+](=O)[O-])cn1. The number of nitrogens with zero attached hydrogens (tertiary/aromatic N) is 3. The van der Waals surface area contributed by atoms with Gasteiger partial charge in [-0.3, -0.25) is 14.9 Å². The number of hydrogen-bond acceptors (Lipinski definition) is 5. The van der Waals surface area contributed by atoms with E-state index in [1.807, 2.05) is 11.8 Å². The van der Waals surface area contributed by atoms with Crippen molar-refractivity contribution in [3.63, 3.8) is 0 Å². The summed E-state index contributed by atoms with van der Waals surface area (Å²) in [4.78, 5) is 26.5. The van der Waals surface area contributed by atoms with Crippen molar-refractivity contribution in [2.75, 3.05) is 18.0 Å². The van der Waals surface area contributed by atoms with Crippen LogP contribution in [0.25, 0.3) is 0 Å². The number of hydrogen-bond donors (Lipinski definition) is 1. The topological polar surface area (TPSA) is 96.6 Å². The zero-order valence-corrected chi connectivity index (χ0v) is 10.8. The van der Waals surface area contributed by atoms with Gasteiger partial charge in [0.25, 0.3) is 5.69 Å². The van der Waals surface area contributed by atoms with Gasteiger partial charge in [0.05, 0.1) is 11.3 Å². The molecule has 0 spiro atoms. The predicted octanol–water partition coefficient (Wildman–Crippen LogP) is 2.07. The highest BCUT2D eigenvalue weighted by Gasteiger charge is 2.12. The summed E-state index contributed by atoms with van der Waals surface area (Å²) in [7, 11) is 0. The van der Waals surface area contributed by atoms with E-state index in [9.17, 15) is 14.9 Å². The second-order valence-electron chi connectivity index (χ2n) is 4.12. The van der Waals surface area contributed by atoms with Crippen molar-refractivity contribution >= 4 is 17.5 Å². The van der Waals surface area contributed by atoms with Gasteiger partial charge in [-0.25, -0.2) is 4.98 Å². The van der Waals surface area contributed by atoms with Crippen LogP contribution in [0.15, 0.2) is 18.3 Å². The molecule has 7 heteroatoms. The lowest BCUT2D eigenvalue weighted by Gasteiger charge is -2.22. The maximum absolute atomic E-state index is 10.6. The number of carbonyl (C=O) groups is 1. The van der Waals surface area contributed by atoms with E-state index in [4.69, 9.17) is 5.11 Å². The summed E-state index contributed by atoms with van der Waals surface area (Å²) in [6.45, 7) is 3.08. The van der Waals surface area contributed by atoms with Crippen LogP contribution in [0.2, 0.25) is 0 Å². The van der Waals surface area contributed by atoms with Crippen LogP contribution in [0.1, 0.15) is 26.2 Å². The molecular formula is C12H17N3O4. The molecule has 0 aliphatic rings. The fourth-order valence-electron chi connectivity index (χ4n) is 1.59. The maximum atomic E-state index is 10.6. The number of anilines is 1. The Labute approximate surface area is 111 Å². The molecule has 1 N–H and O–H groups in total. The number of carboxylic acids is 1. The maximum Gasteiger partial charge on any atom is 0.305 e. The summed E-state index contributed by atoms with van der Waals surface area (Å²) in [6.07, 6.45) is 3.10. The molecule has 7 nitrogen and oxygen atoms in total. The zero-order valence-electron chi connectivity index (χ0n) is 10.8. The normalized spacial score (nSPS) is 10.2. The van der Waals surface area contributed by atoms with Crippen LogP contribution in [0.4, 0.5) is 11.5 Å². The van der Waals surface area contributed by atoms with Gasteiger partial charge in [0.2, 0.25) is 0 Å². The molecule has 19 heavy (non-hydrogen) atoms. The van der Waals surface area contributed by atoms with Gasteiger partial charge in [0.15, 0.2) is 0 Å². The Kier molecular flexibility index (Phi) is 5.72. The van der Waals surface area contributed by atoms with Gasteiger partial charge in [0.1, 0.15) is 12.0 Å². The molecule has 0 unspecified atom stereocenters. The number of unbranched alkanes of at least 4 members (excludes halogenated alkanes) is 1. The highest BCUT2D eigenvalue weighted by atomic mass is 16.6. The third-order valence-corrected chi connectivity index (χ3v) is 2.64. The van der Waals surface area contributed by atoms with E-state index in [1.54, 1.807) is 6.07 Å². The molecule has 1 aromatic heterocycles. The van der Waals surface area contributed by atoms with Crippen molar-refractivity contribution < 1.29 is 14.8 Å². The molecule has 0 aromatic carbocycles. The largest absolute Gasteiger partial charge is 0.481 e. The van der Waals surface area contributed by atoms with Gasteiger partial charge in [-0.2, -0.15) is 0 Å². The lowest BCUT2D eigenvalue weighted by atomic mass is 10.3. The molecule has 0 radical (unpaired) electrons. The molecule has 0 atom stereocenters. The average molecular weight is 267 g/mol. The van der Waals surface area contributed by atoms with Crippen molar-refractivity contribution in [3.8, 4) is 0 Å². The lowest BCUT2D eigenvalue weighted by Crippen LogP contribution is -2.28. The Morgan fingerprint density at radius 2 is 2.21 bits per heavy atom.